The summed E-state index contributed by atoms with van der Waals surface area (Å²) in [5.41, 5.74) is 0.533. The summed E-state index contributed by atoms with van der Waals surface area (Å²) in [5, 5.41) is 9.56. The third-order valence-corrected chi connectivity index (χ3v) is 4.48. The fourth-order valence-corrected chi connectivity index (χ4v) is 3.01. The average Bonchev–Trinajstić information content (AvgIpc) is 2.90. The van der Waals surface area contributed by atoms with Crippen molar-refractivity contribution in [2.75, 3.05) is 26.3 Å². The number of imide groups is 1. The molecule has 1 heterocycles. The first-order chi connectivity index (χ1) is 12.9. The Morgan fingerprint density at radius 2 is 1.74 bits per heavy atom. The van der Waals surface area contributed by atoms with Gasteiger partial charge in [0.15, 0.2) is 0 Å². The van der Waals surface area contributed by atoms with Gasteiger partial charge in [0.2, 0.25) is 5.91 Å². The van der Waals surface area contributed by atoms with E-state index >= 15 is 0 Å². The van der Waals surface area contributed by atoms with Gasteiger partial charge in [-0.05, 0) is 25.5 Å². The summed E-state index contributed by atoms with van der Waals surface area (Å²) in [6, 6.07) is 5.88. The Morgan fingerprint density at radius 3 is 2.22 bits per heavy atom. The van der Waals surface area contributed by atoms with E-state index in [0.29, 0.717) is 6.42 Å². The molecule has 2 rings (SSSR count). The van der Waals surface area contributed by atoms with E-state index < -0.39 is 36.3 Å². The highest BCUT2D eigenvalue weighted by atomic mass is 16.5. The quantitative estimate of drug-likeness (QED) is 0.506. The van der Waals surface area contributed by atoms with Gasteiger partial charge in [-0.3, -0.25) is 24.1 Å². The first-order valence-electron chi connectivity index (χ1n) is 8.95. The van der Waals surface area contributed by atoms with Crippen LogP contribution in [0.5, 0.6) is 0 Å². The molecule has 1 atom stereocenters. The molecule has 8 nitrogen and oxygen atoms in total. The van der Waals surface area contributed by atoms with Crippen LogP contribution in [0.1, 0.15) is 47.4 Å². The van der Waals surface area contributed by atoms with Crippen molar-refractivity contribution in [3.05, 3.63) is 35.4 Å². The van der Waals surface area contributed by atoms with Crippen LogP contribution in [-0.4, -0.2) is 70.9 Å². The highest BCUT2D eigenvalue weighted by Gasteiger charge is 2.37. The standard InChI is InChI=1S/C19H24N2O6/c1-3-13(12-22)20(10-9-17(24)27-4-2)16(23)11-21-18(25)14-7-5-6-8-15(14)19(21)26/h5-8,13,22H,3-4,9-12H2,1-2H3. The second-order valence-corrected chi connectivity index (χ2v) is 6.13. The van der Waals surface area contributed by atoms with Gasteiger partial charge in [0.25, 0.3) is 11.8 Å². The number of ether oxygens (including phenoxy) is 1. The molecule has 3 amide bonds. The van der Waals surface area contributed by atoms with E-state index in [0.717, 1.165) is 4.90 Å². The second-order valence-electron chi connectivity index (χ2n) is 6.13. The molecular weight excluding hydrogens is 352 g/mol. The molecule has 1 aliphatic rings. The second kappa shape index (κ2) is 9.27. The highest BCUT2D eigenvalue weighted by molar-refractivity contribution is 6.22. The monoisotopic (exact) mass is 376 g/mol. The van der Waals surface area contributed by atoms with Crippen LogP contribution < -0.4 is 0 Å². The molecule has 0 radical (unpaired) electrons. The van der Waals surface area contributed by atoms with Crippen LogP contribution in [0, 0.1) is 0 Å². The van der Waals surface area contributed by atoms with Crippen LogP contribution in [-0.2, 0) is 14.3 Å². The van der Waals surface area contributed by atoms with Gasteiger partial charge in [-0.1, -0.05) is 19.1 Å². The van der Waals surface area contributed by atoms with Crippen LogP contribution in [0.2, 0.25) is 0 Å². The van der Waals surface area contributed by atoms with Crippen LogP contribution in [0.25, 0.3) is 0 Å². The topological polar surface area (TPSA) is 104 Å². The zero-order valence-corrected chi connectivity index (χ0v) is 15.5. The molecule has 0 aliphatic carbocycles. The maximum Gasteiger partial charge on any atom is 0.307 e. The van der Waals surface area contributed by atoms with Gasteiger partial charge in [0.1, 0.15) is 6.54 Å². The number of amides is 3. The summed E-state index contributed by atoms with van der Waals surface area (Å²) in [5.74, 6) is -2.00. The fraction of sp³-hybridized carbons (Fsp3) is 0.474. The summed E-state index contributed by atoms with van der Waals surface area (Å²) in [7, 11) is 0. The van der Waals surface area contributed by atoms with Crippen molar-refractivity contribution in [3.8, 4) is 0 Å². The van der Waals surface area contributed by atoms with Gasteiger partial charge < -0.3 is 14.7 Å². The van der Waals surface area contributed by atoms with Gasteiger partial charge in [0, 0.05) is 6.54 Å². The average molecular weight is 376 g/mol. The van der Waals surface area contributed by atoms with E-state index in [2.05, 4.69) is 0 Å². The molecule has 1 N–H and O–H groups in total. The molecule has 146 valence electrons. The van der Waals surface area contributed by atoms with Crippen molar-refractivity contribution in [1.82, 2.24) is 9.80 Å². The van der Waals surface area contributed by atoms with Crippen LogP contribution in [0.15, 0.2) is 24.3 Å². The Kier molecular flexibility index (Phi) is 7.06. The van der Waals surface area contributed by atoms with Crippen LogP contribution in [0.4, 0.5) is 0 Å². The van der Waals surface area contributed by atoms with Gasteiger partial charge in [-0.2, -0.15) is 0 Å². The number of hydrogen-bond donors (Lipinski definition) is 1. The van der Waals surface area contributed by atoms with E-state index in [1.54, 1.807) is 38.1 Å². The largest absolute Gasteiger partial charge is 0.466 e. The first kappa shape index (κ1) is 20.6. The van der Waals surface area contributed by atoms with Crippen molar-refractivity contribution in [2.45, 2.75) is 32.7 Å². The minimum atomic E-state index is -0.522. The number of carbonyl (C=O) groups excluding carboxylic acids is 4. The third-order valence-electron chi connectivity index (χ3n) is 4.48. The molecule has 1 aromatic rings. The van der Waals surface area contributed by atoms with Crippen molar-refractivity contribution in [3.63, 3.8) is 0 Å². The van der Waals surface area contributed by atoms with E-state index in [1.165, 1.54) is 4.90 Å². The van der Waals surface area contributed by atoms with Crippen molar-refractivity contribution in [2.24, 2.45) is 0 Å². The maximum absolute atomic E-state index is 12.8. The zero-order valence-electron chi connectivity index (χ0n) is 15.5. The van der Waals surface area contributed by atoms with Gasteiger partial charge in [0.05, 0.1) is 36.8 Å². The SMILES string of the molecule is CCOC(=O)CCN(C(=O)CN1C(=O)c2ccccc2C1=O)C(CC)CO. The number of nitrogens with zero attached hydrogens (tertiary/aromatic N) is 2. The number of aliphatic hydroxyl groups excluding tert-OH is 1. The van der Waals surface area contributed by atoms with Gasteiger partial charge in [-0.15, -0.1) is 0 Å². The van der Waals surface area contributed by atoms with Crippen LogP contribution >= 0.6 is 0 Å². The predicted molar refractivity (Wildman–Crippen MR) is 95.9 cm³/mol. The lowest BCUT2D eigenvalue weighted by atomic mass is 10.1. The Morgan fingerprint density at radius 1 is 1.15 bits per heavy atom. The smallest absolute Gasteiger partial charge is 0.307 e. The number of benzene rings is 1. The number of aliphatic hydroxyl groups is 1. The molecule has 0 aromatic heterocycles. The molecule has 0 spiro atoms. The number of carbonyl (C=O) groups is 4. The number of rotatable bonds is 9. The van der Waals surface area contributed by atoms with E-state index in [4.69, 9.17) is 4.74 Å². The first-order valence-corrected chi connectivity index (χ1v) is 8.95. The number of fused-ring (bicyclic) bond motifs is 1. The predicted octanol–water partition coefficient (Wildman–Crippen LogP) is 0.835. The Hall–Kier alpha value is -2.74. The fourth-order valence-electron chi connectivity index (χ4n) is 3.01. The molecule has 8 heteroatoms. The third kappa shape index (κ3) is 4.51. The van der Waals surface area contributed by atoms with Gasteiger partial charge >= 0.3 is 5.97 Å². The molecule has 0 saturated heterocycles. The van der Waals surface area contributed by atoms with Crippen molar-refractivity contribution in [1.29, 1.82) is 0 Å². The minimum Gasteiger partial charge on any atom is -0.466 e. The molecule has 1 unspecified atom stereocenters. The molecular formula is C19H24N2O6. The maximum atomic E-state index is 12.8. The number of esters is 1. The minimum absolute atomic E-state index is 0.0296. The van der Waals surface area contributed by atoms with E-state index in [1.807, 2.05) is 0 Å². The summed E-state index contributed by atoms with van der Waals surface area (Å²) in [6.07, 6.45) is 0.436. The molecule has 0 saturated carbocycles. The lowest BCUT2D eigenvalue weighted by molar-refractivity contribution is -0.144. The molecule has 0 fully saturated rings. The molecule has 0 bridgehead atoms. The van der Waals surface area contributed by atoms with E-state index in [-0.39, 0.29) is 37.3 Å². The summed E-state index contributed by atoms with van der Waals surface area (Å²) < 4.78 is 4.87. The zero-order chi connectivity index (χ0) is 20.0. The van der Waals surface area contributed by atoms with Crippen molar-refractivity contribution < 1.29 is 29.0 Å². The lowest BCUT2D eigenvalue weighted by Gasteiger charge is -2.31. The Balaban J connectivity index is 2.12. The van der Waals surface area contributed by atoms with Crippen LogP contribution in [0.3, 0.4) is 0 Å². The Bertz CT molecular complexity index is 694. The van der Waals surface area contributed by atoms with Gasteiger partial charge in [-0.25, -0.2) is 0 Å². The summed E-state index contributed by atoms with van der Waals surface area (Å²) in [6.45, 7) is 3.04. The molecule has 1 aliphatic heterocycles. The summed E-state index contributed by atoms with van der Waals surface area (Å²) >= 11 is 0. The number of hydrogen-bond acceptors (Lipinski definition) is 6. The normalized spacial score (nSPS) is 14.1. The Labute approximate surface area is 157 Å². The highest BCUT2D eigenvalue weighted by Crippen LogP contribution is 2.22. The molecule has 1 aromatic carbocycles. The molecule has 27 heavy (non-hydrogen) atoms. The lowest BCUT2D eigenvalue weighted by Crippen LogP contribution is -2.49. The van der Waals surface area contributed by atoms with Crippen molar-refractivity contribution >= 4 is 23.7 Å². The van der Waals surface area contributed by atoms with E-state index in [9.17, 15) is 24.3 Å². The summed E-state index contributed by atoms with van der Waals surface area (Å²) in [4.78, 5) is 51.5.